The van der Waals surface area contributed by atoms with Gasteiger partial charge in [-0.3, -0.25) is 14.6 Å². The van der Waals surface area contributed by atoms with Crippen molar-refractivity contribution in [3.8, 4) is 0 Å². The number of halogens is 3. The van der Waals surface area contributed by atoms with Crippen LogP contribution in [0, 0.1) is 0 Å². The first-order valence-corrected chi connectivity index (χ1v) is 4.90. The minimum atomic E-state index is -1.53. The molecule has 0 amide bonds. The molecule has 0 aliphatic rings. The Kier molecular flexibility index (Phi) is 2.62. The van der Waals surface area contributed by atoms with Gasteiger partial charge in [-0.2, -0.15) is 0 Å². The number of aryl methyl sites for hydroxylation is 1. The number of hydrogen-bond donors (Lipinski definition) is 1. The van der Waals surface area contributed by atoms with E-state index in [9.17, 15) is 9.18 Å². The molecular formula is C5H5FI2N2O. The third-order valence-corrected chi connectivity index (χ3v) is 2.35. The molecule has 6 heteroatoms. The lowest BCUT2D eigenvalue weighted by Crippen LogP contribution is -2.10. The molecule has 0 aliphatic carbocycles. The lowest BCUT2D eigenvalue weighted by atomic mass is 10.5. The Morgan fingerprint density at radius 1 is 1.73 bits per heavy atom. The molecule has 0 saturated heterocycles. The fourth-order valence-electron chi connectivity index (χ4n) is 0.634. The number of aromatic amines is 1. The second-order valence-corrected chi connectivity index (χ2v) is 7.10. The zero-order valence-electron chi connectivity index (χ0n) is 5.57. The van der Waals surface area contributed by atoms with E-state index in [2.05, 4.69) is 5.10 Å². The fraction of sp³-hybridized carbons (Fsp3) is 0.400. The number of rotatable bonds is 1. The molecule has 1 rings (SSSR count). The summed E-state index contributed by atoms with van der Waals surface area (Å²) in [5.41, 5.74) is 0.0570. The number of nitrogens with one attached hydrogen (secondary N) is 1. The Morgan fingerprint density at radius 2 is 2.27 bits per heavy atom. The van der Waals surface area contributed by atoms with Crippen molar-refractivity contribution in [2.45, 2.75) is 1.68 Å². The lowest BCUT2D eigenvalue weighted by Gasteiger charge is -2.05. The van der Waals surface area contributed by atoms with E-state index in [4.69, 9.17) is 0 Å². The van der Waals surface area contributed by atoms with Crippen molar-refractivity contribution in [1.29, 1.82) is 0 Å². The van der Waals surface area contributed by atoms with E-state index in [0.29, 0.717) is 0 Å². The highest BCUT2D eigenvalue weighted by atomic mass is 127. The number of H-pyrrole nitrogens is 1. The van der Waals surface area contributed by atoms with Crippen molar-refractivity contribution in [2.24, 2.45) is 7.05 Å². The second-order valence-electron chi connectivity index (χ2n) is 2.06. The van der Waals surface area contributed by atoms with E-state index in [-0.39, 0.29) is 11.3 Å². The average molecular weight is 382 g/mol. The molecule has 0 radical (unpaired) electrons. The number of hydrogen-bond acceptors (Lipinski definition) is 1. The van der Waals surface area contributed by atoms with Gasteiger partial charge in [-0.05, 0) is 45.2 Å². The van der Waals surface area contributed by atoms with Crippen LogP contribution in [-0.4, -0.2) is 9.78 Å². The van der Waals surface area contributed by atoms with Gasteiger partial charge in [-0.1, -0.05) is 0 Å². The third kappa shape index (κ3) is 2.17. The highest BCUT2D eigenvalue weighted by Gasteiger charge is 2.26. The van der Waals surface area contributed by atoms with Crippen LogP contribution in [0.25, 0.3) is 0 Å². The predicted octanol–water partition coefficient (Wildman–Crippen LogP) is 1.66. The topological polar surface area (TPSA) is 37.8 Å². The van der Waals surface area contributed by atoms with Crippen LogP contribution in [0.3, 0.4) is 0 Å². The van der Waals surface area contributed by atoms with E-state index in [0.717, 1.165) is 0 Å². The van der Waals surface area contributed by atoms with Crippen molar-refractivity contribution >= 4 is 45.2 Å². The van der Waals surface area contributed by atoms with Crippen molar-refractivity contribution < 1.29 is 4.39 Å². The van der Waals surface area contributed by atoms with Gasteiger partial charge in [0, 0.05) is 13.1 Å². The quantitative estimate of drug-likeness (QED) is 0.583. The third-order valence-electron chi connectivity index (χ3n) is 1.19. The first-order chi connectivity index (χ1) is 4.91. The molecule has 1 aromatic heterocycles. The van der Waals surface area contributed by atoms with Gasteiger partial charge in [0.2, 0.25) is 0 Å². The molecule has 0 saturated carbocycles. The van der Waals surface area contributed by atoms with Crippen LogP contribution in [0.15, 0.2) is 10.9 Å². The second kappa shape index (κ2) is 3.04. The molecule has 11 heavy (non-hydrogen) atoms. The van der Waals surface area contributed by atoms with Crippen LogP contribution in [0.5, 0.6) is 0 Å². The molecule has 62 valence electrons. The maximum absolute atomic E-state index is 13.1. The van der Waals surface area contributed by atoms with Crippen LogP contribution in [-0.2, 0) is 8.73 Å². The molecule has 1 aromatic rings. The Balaban J connectivity index is 3.18. The van der Waals surface area contributed by atoms with Gasteiger partial charge >= 0.3 is 0 Å². The fourth-order valence-corrected chi connectivity index (χ4v) is 1.19. The molecule has 0 aromatic carbocycles. The summed E-state index contributed by atoms with van der Waals surface area (Å²) in [6.07, 6.45) is 0. The highest BCUT2D eigenvalue weighted by Crippen LogP contribution is 2.38. The van der Waals surface area contributed by atoms with Crippen LogP contribution in [0.4, 0.5) is 4.39 Å². The molecular weight excluding hydrogens is 377 g/mol. The summed E-state index contributed by atoms with van der Waals surface area (Å²) in [6.45, 7) is 0. The smallest absolute Gasteiger partial charge is 0.266 e. The molecule has 1 N–H and O–H groups in total. The van der Waals surface area contributed by atoms with Crippen LogP contribution in [0.1, 0.15) is 5.69 Å². The van der Waals surface area contributed by atoms with E-state index in [1.807, 2.05) is 0 Å². The normalized spacial score (nSPS) is 12.0. The summed E-state index contributed by atoms with van der Waals surface area (Å²) >= 11 is 3.22. The van der Waals surface area contributed by atoms with Gasteiger partial charge in [0.15, 0.2) is 0 Å². The van der Waals surface area contributed by atoms with Gasteiger partial charge in [-0.25, -0.2) is 4.39 Å². The molecule has 1 heterocycles. The monoisotopic (exact) mass is 382 g/mol. The van der Waals surface area contributed by atoms with Crippen molar-refractivity contribution in [3.63, 3.8) is 0 Å². The van der Waals surface area contributed by atoms with Crippen LogP contribution >= 0.6 is 45.2 Å². The van der Waals surface area contributed by atoms with Crippen molar-refractivity contribution in [2.75, 3.05) is 0 Å². The van der Waals surface area contributed by atoms with Gasteiger partial charge in [0.1, 0.15) is 0 Å². The summed E-state index contributed by atoms with van der Waals surface area (Å²) in [7, 11) is 1.55. The molecule has 0 spiro atoms. The Hall–Kier alpha value is 0.400. The van der Waals surface area contributed by atoms with Crippen molar-refractivity contribution in [3.05, 3.63) is 22.1 Å². The number of nitrogens with zero attached hydrogens (tertiary/aromatic N) is 1. The van der Waals surface area contributed by atoms with E-state index < -0.39 is 1.68 Å². The SMILES string of the molecule is Cn1[nH]c(C(F)(I)I)cc1=O. The van der Waals surface area contributed by atoms with E-state index in [1.54, 1.807) is 52.2 Å². The zero-order valence-corrected chi connectivity index (χ0v) is 9.88. The lowest BCUT2D eigenvalue weighted by molar-refractivity contribution is 0.455. The van der Waals surface area contributed by atoms with E-state index in [1.165, 1.54) is 10.7 Å². The van der Waals surface area contributed by atoms with Crippen LogP contribution < -0.4 is 5.56 Å². The zero-order chi connectivity index (χ0) is 8.65. The average Bonchev–Trinajstić information content (AvgIpc) is 2.11. The Bertz CT molecular complexity index is 311. The standard InChI is InChI=1S/C5H5FI2N2O/c1-10-4(11)2-3(9-10)5(6,7)8/h2,9H,1H3. The minimum absolute atomic E-state index is 0.227. The number of alkyl halides is 3. The molecule has 3 nitrogen and oxygen atoms in total. The molecule has 0 unspecified atom stereocenters. The number of aromatic nitrogens is 2. The van der Waals surface area contributed by atoms with Crippen molar-refractivity contribution in [1.82, 2.24) is 9.78 Å². The summed E-state index contributed by atoms with van der Waals surface area (Å²) in [5.74, 6) is 0. The molecule has 0 atom stereocenters. The van der Waals surface area contributed by atoms with Gasteiger partial charge in [0.05, 0.1) is 5.69 Å². The van der Waals surface area contributed by atoms with E-state index >= 15 is 0 Å². The Labute approximate surface area is 89.6 Å². The maximum atomic E-state index is 13.1. The van der Waals surface area contributed by atoms with Gasteiger partial charge in [0.25, 0.3) is 7.24 Å². The first-order valence-electron chi connectivity index (χ1n) is 2.74. The Morgan fingerprint density at radius 3 is 2.45 bits per heavy atom. The minimum Gasteiger partial charge on any atom is -0.295 e. The summed E-state index contributed by atoms with van der Waals surface area (Å²) < 4.78 is 12.8. The molecule has 0 fully saturated rings. The highest BCUT2D eigenvalue weighted by molar-refractivity contribution is 14.2. The maximum Gasteiger partial charge on any atom is 0.266 e. The van der Waals surface area contributed by atoms with Crippen LogP contribution in [0.2, 0.25) is 0 Å². The summed E-state index contributed by atoms with van der Waals surface area (Å²) in [6, 6.07) is 1.25. The predicted molar refractivity (Wildman–Crippen MR) is 56.9 cm³/mol. The largest absolute Gasteiger partial charge is 0.295 e. The summed E-state index contributed by atoms with van der Waals surface area (Å²) in [4.78, 5) is 10.8. The van der Waals surface area contributed by atoms with Gasteiger partial charge < -0.3 is 0 Å². The summed E-state index contributed by atoms with van der Waals surface area (Å²) in [5, 5.41) is 2.60. The molecule has 0 aliphatic heterocycles. The molecule has 0 bridgehead atoms. The van der Waals surface area contributed by atoms with Gasteiger partial charge in [-0.15, -0.1) is 0 Å². The first kappa shape index (κ1) is 9.49.